The largest absolute Gasteiger partial charge is 0.398 e. The van der Waals surface area contributed by atoms with E-state index in [1.165, 1.54) is 0 Å². The average molecular weight is 164 g/mol. The normalized spacial score (nSPS) is 15.6. The molecule has 0 amide bonds. The molecule has 0 saturated carbocycles. The first kappa shape index (κ1) is 9.07. The number of para-hydroxylation sites is 1. The molecule has 0 aliphatic carbocycles. The van der Waals surface area contributed by atoms with Gasteiger partial charge in [0.25, 0.3) is 0 Å². The lowest BCUT2D eigenvalue weighted by atomic mass is 9.94. The summed E-state index contributed by atoms with van der Waals surface area (Å²) in [7, 11) is 0. The van der Waals surface area contributed by atoms with Crippen molar-refractivity contribution in [3.05, 3.63) is 29.8 Å². The van der Waals surface area contributed by atoms with Gasteiger partial charge in [-0.15, -0.1) is 0 Å². The van der Waals surface area contributed by atoms with E-state index >= 15 is 0 Å². The molecule has 0 aromatic heterocycles. The smallest absolute Gasteiger partial charge is 0.0349 e. The van der Waals surface area contributed by atoms with Gasteiger partial charge in [0.05, 0.1) is 0 Å². The Kier molecular flexibility index (Phi) is 2.71. The molecule has 1 aromatic carbocycles. The van der Waals surface area contributed by atoms with Gasteiger partial charge in [0, 0.05) is 11.7 Å². The van der Waals surface area contributed by atoms with E-state index in [0.29, 0.717) is 5.92 Å². The number of anilines is 1. The van der Waals surface area contributed by atoms with Crippen molar-refractivity contribution in [2.75, 3.05) is 5.73 Å². The molecule has 0 heterocycles. The van der Waals surface area contributed by atoms with E-state index in [9.17, 15) is 0 Å². The third kappa shape index (κ3) is 1.77. The molecule has 4 N–H and O–H groups in total. The molecule has 0 fully saturated rings. The second-order valence-corrected chi connectivity index (χ2v) is 3.28. The lowest BCUT2D eigenvalue weighted by Gasteiger charge is -2.17. The quantitative estimate of drug-likeness (QED) is 0.654. The first-order valence-corrected chi connectivity index (χ1v) is 4.23. The first-order valence-electron chi connectivity index (χ1n) is 4.23. The van der Waals surface area contributed by atoms with Crippen molar-refractivity contribution in [1.29, 1.82) is 0 Å². The van der Waals surface area contributed by atoms with Gasteiger partial charge >= 0.3 is 0 Å². The number of hydrogen-bond donors (Lipinski definition) is 2. The van der Waals surface area contributed by atoms with Gasteiger partial charge in [-0.3, -0.25) is 0 Å². The Morgan fingerprint density at radius 3 is 2.25 bits per heavy atom. The molecule has 66 valence electrons. The fourth-order valence-corrected chi connectivity index (χ4v) is 1.21. The fourth-order valence-electron chi connectivity index (χ4n) is 1.21. The second kappa shape index (κ2) is 3.59. The van der Waals surface area contributed by atoms with Crippen LogP contribution in [0, 0.1) is 0 Å². The van der Waals surface area contributed by atoms with Crippen LogP contribution in [0.4, 0.5) is 5.69 Å². The molecule has 1 aromatic rings. The standard InChI is InChI=1S/C10H16N2/c1-7(8(2)11)9-5-3-4-6-10(9)12/h3-8H,11-12H2,1-2H3. The van der Waals surface area contributed by atoms with Crippen molar-refractivity contribution < 1.29 is 0 Å². The highest BCUT2D eigenvalue weighted by atomic mass is 14.6. The molecule has 0 spiro atoms. The first-order chi connectivity index (χ1) is 5.63. The number of rotatable bonds is 2. The molecule has 2 heteroatoms. The lowest BCUT2D eigenvalue weighted by molar-refractivity contribution is 0.614. The van der Waals surface area contributed by atoms with Gasteiger partial charge in [-0.05, 0) is 24.5 Å². The Labute approximate surface area is 73.6 Å². The minimum Gasteiger partial charge on any atom is -0.398 e. The van der Waals surface area contributed by atoms with Gasteiger partial charge in [-0.25, -0.2) is 0 Å². The van der Waals surface area contributed by atoms with Crippen molar-refractivity contribution in [2.24, 2.45) is 5.73 Å². The molecule has 2 unspecified atom stereocenters. The van der Waals surface area contributed by atoms with Crippen LogP contribution in [0.15, 0.2) is 24.3 Å². The van der Waals surface area contributed by atoms with Gasteiger partial charge in [-0.1, -0.05) is 25.1 Å². The van der Waals surface area contributed by atoms with Gasteiger partial charge in [0.15, 0.2) is 0 Å². The van der Waals surface area contributed by atoms with Crippen LogP contribution < -0.4 is 11.5 Å². The van der Waals surface area contributed by atoms with Crippen molar-refractivity contribution in [3.8, 4) is 0 Å². The zero-order valence-electron chi connectivity index (χ0n) is 7.62. The summed E-state index contributed by atoms with van der Waals surface area (Å²) in [5.41, 5.74) is 13.6. The molecule has 12 heavy (non-hydrogen) atoms. The molecule has 1 rings (SSSR count). The van der Waals surface area contributed by atoms with Crippen LogP contribution in [-0.2, 0) is 0 Å². The minimum atomic E-state index is 0.148. The van der Waals surface area contributed by atoms with Crippen molar-refractivity contribution in [1.82, 2.24) is 0 Å². The third-order valence-corrected chi connectivity index (χ3v) is 2.28. The van der Waals surface area contributed by atoms with Gasteiger partial charge in [0.2, 0.25) is 0 Å². The summed E-state index contributed by atoms with van der Waals surface area (Å²) in [6, 6.07) is 8.02. The van der Waals surface area contributed by atoms with E-state index in [1.807, 2.05) is 31.2 Å². The summed E-state index contributed by atoms with van der Waals surface area (Å²) in [5.74, 6) is 0.325. The summed E-state index contributed by atoms with van der Waals surface area (Å²) in [5, 5.41) is 0. The maximum Gasteiger partial charge on any atom is 0.0349 e. The highest BCUT2D eigenvalue weighted by Gasteiger charge is 2.11. The van der Waals surface area contributed by atoms with Gasteiger partial charge < -0.3 is 11.5 Å². The maximum atomic E-state index is 5.80. The molecule has 0 saturated heterocycles. The van der Waals surface area contributed by atoms with Crippen LogP contribution in [0.25, 0.3) is 0 Å². The minimum absolute atomic E-state index is 0.148. The number of nitrogens with two attached hydrogens (primary N) is 2. The molecule has 2 atom stereocenters. The van der Waals surface area contributed by atoms with Crippen LogP contribution in [0.2, 0.25) is 0 Å². The van der Waals surface area contributed by atoms with E-state index in [-0.39, 0.29) is 6.04 Å². The Morgan fingerprint density at radius 2 is 1.75 bits per heavy atom. The van der Waals surface area contributed by atoms with Crippen molar-refractivity contribution >= 4 is 5.69 Å². The fraction of sp³-hybridized carbons (Fsp3) is 0.400. The Morgan fingerprint density at radius 1 is 1.17 bits per heavy atom. The van der Waals surface area contributed by atoms with E-state index in [0.717, 1.165) is 11.3 Å². The van der Waals surface area contributed by atoms with E-state index < -0.39 is 0 Å². The molecule has 0 bridgehead atoms. The van der Waals surface area contributed by atoms with E-state index in [4.69, 9.17) is 11.5 Å². The average Bonchev–Trinajstić information content (AvgIpc) is 2.04. The number of nitrogen functional groups attached to an aromatic ring is 1. The topological polar surface area (TPSA) is 52.0 Å². The Bertz CT molecular complexity index is 256. The van der Waals surface area contributed by atoms with E-state index in [2.05, 4.69) is 6.92 Å². The van der Waals surface area contributed by atoms with Crippen molar-refractivity contribution in [2.45, 2.75) is 25.8 Å². The van der Waals surface area contributed by atoms with Crippen LogP contribution in [0.1, 0.15) is 25.3 Å². The number of hydrogen-bond acceptors (Lipinski definition) is 2. The summed E-state index contributed by atoms with van der Waals surface area (Å²) < 4.78 is 0. The van der Waals surface area contributed by atoms with Crippen LogP contribution in [-0.4, -0.2) is 6.04 Å². The highest BCUT2D eigenvalue weighted by Crippen LogP contribution is 2.23. The zero-order valence-corrected chi connectivity index (χ0v) is 7.62. The maximum absolute atomic E-state index is 5.80. The SMILES string of the molecule is CC(N)C(C)c1ccccc1N. The summed E-state index contributed by atoms with van der Waals surface area (Å²) >= 11 is 0. The Hall–Kier alpha value is -1.02. The molecule has 0 radical (unpaired) electrons. The monoisotopic (exact) mass is 164 g/mol. The molecular weight excluding hydrogens is 148 g/mol. The molecular formula is C10H16N2. The Balaban J connectivity index is 2.94. The number of benzene rings is 1. The summed E-state index contributed by atoms with van der Waals surface area (Å²) in [6.07, 6.45) is 0. The predicted octanol–water partition coefficient (Wildman–Crippen LogP) is 1.72. The highest BCUT2D eigenvalue weighted by molar-refractivity contribution is 5.48. The van der Waals surface area contributed by atoms with Crippen LogP contribution in [0.5, 0.6) is 0 Å². The van der Waals surface area contributed by atoms with Gasteiger partial charge in [0.1, 0.15) is 0 Å². The molecule has 0 aliphatic rings. The second-order valence-electron chi connectivity index (χ2n) is 3.28. The predicted molar refractivity (Wildman–Crippen MR) is 52.9 cm³/mol. The molecule has 0 aliphatic heterocycles. The zero-order chi connectivity index (χ0) is 9.14. The lowest BCUT2D eigenvalue weighted by Crippen LogP contribution is -2.23. The third-order valence-electron chi connectivity index (χ3n) is 2.28. The van der Waals surface area contributed by atoms with Crippen molar-refractivity contribution in [3.63, 3.8) is 0 Å². The summed E-state index contributed by atoms with van der Waals surface area (Å²) in [6.45, 7) is 4.09. The summed E-state index contributed by atoms with van der Waals surface area (Å²) in [4.78, 5) is 0. The van der Waals surface area contributed by atoms with Crippen LogP contribution >= 0.6 is 0 Å². The van der Waals surface area contributed by atoms with Gasteiger partial charge in [-0.2, -0.15) is 0 Å². The van der Waals surface area contributed by atoms with Crippen LogP contribution in [0.3, 0.4) is 0 Å². The van der Waals surface area contributed by atoms with E-state index in [1.54, 1.807) is 0 Å². The molecule has 2 nitrogen and oxygen atoms in total.